The SMILES string of the molecule is N=C(N)Cc1ccc(OCCn2ccccc2=O)cc1. The van der Waals surface area contributed by atoms with E-state index in [0.717, 1.165) is 11.3 Å². The largest absolute Gasteiger partial charge is 0.492 e. The number of benzene rings is 1. The molecule has 0 saturated heterocycles. The molecule has 5 heteroatoms. The summed E-state index contributed by atoms with van der Waals surface area (Å²) in [5, 5.41) is 7.23. The quantitative estimate of drug-likeness (QED) is 0.615. The maximum absolute atomic E-state index is 11.5. The molecular formula is C15H17N3O2. The lowest BCUT2D eigenvalue weighted by molar-refractivity contribution is 0.296. The monoisotopic (exact) mass is 271 g/mol. The van der Waals surface area contributed by atoms with E-state index in [2.05, 4.69) is 0 Å². The molecular weight excluding hydrogens is 254 g/mol. The number of nitrogens with two attached hydrogens (primary N) is 1. The number of nitrogens with zero attached hydrogens (tertiary/aromatic N) is 1. The van der Waals surface area contributed by atoms with Crippen LogP contribution in [0.3, 0.4) is 0 Å². The zero-order valence-electron chi connectivity index (χ0n) is 11.1. The molecule has 0 fully saturated rings. The van der Waals surface area contributed by atoms with Crippen molar-refractivity contribution in [3.8, 4) is 5.75 Å². The number of hydrogen-bond acceptors (Lipinski definition) is 3. The van der Waals surface area contributed by atoms with E-state index < -0.39 is 0 Å². The Kier molecular flexibility index (Phi) is 4.55. The minimum atomic E-state index is -0.0343. The third kappa shape index (κ3) is 3.98. The molecule has 3 N–H and O–H groups in total. The third-order valence-electron chi connectivity index (χ3n) is 2.82. The van der Waals surface area contributed by atoms with Crippen LogP contribution in [0.1, 0.15) is 5.56 Å². The van der Waals surface area contributed by atoms with Crippen molar-refractivity contribution in [2.24, 2.45) is 5.73 Å². The van der Waals surface area contributed by atoms with E-state index in [1.54, 1.807) is 16.8 Å². The molecule has 0 atom stereocenters. The van der Waals surface area contributed by atoms with Crippen LogP contribution in [-0.2, 0) is 13.0 Å². The van der Waals surface area contributed by atoms with Crippen molar-refractivity contribution >= 4 is 5.84 Å². The smallest absolute Gasteiger partial charge is 0.250 e. The van der Waals surface area contributed by atoms with Gasteiger partial charge in [-0.2, -0.15) is 0 Å². The maximum atomic E-state index is 11.5. The Morgan fingerprint density at radius 2 is 1.95 bits per heavy atom. The molecule has 0 spiro atoms. The Balaban J connectivity index is 1.87. The van der Waals surface area contributed by atoms with Crippen LogP contribution in [0.25, 0.3) is 0 Å². The molecule has 0 bridgehead atoms. The molecule has 0 aliphatic heterocycles. The first-order valence-electron chi connectivity index (χ1n) is 6.35. The van der Waals surface area contributed by atoms with Gasteiger partial charge in [0.25, 0.3) is 5.56 Å². The minimum Gasteiger partial charge on any atom is -0.492 e. The molecule has 0 saturated carbocycles. The molecule has 2 rings (SSSR count). The van der Waals surface area contributed by atoms with Gasteiger partial charge in [0.05, 0.1) is 12.4 Å². The summed E-state index contributed by atoms with van der Waals surface area (Å²) >= 11 is 0. The molecule has 0 amide bonds. The standard InChI is InChI=1S/C15H17N3O2/c16-14(17)11-12-4-6-13(7-5-12)20-10-9-18-8-2-1-3-15(18)19/h1-8H,9-11H2,(H3,16,17). The van der Waals surface area contributed by atoms with Crippen molar-refractivity contribution in [3.05, 3.63) is 64.6 Å². The number of pyridine rings is 1. The minimum absolute atomic E-state index is 0.0343. The highest BCUT2D eigenvalue weighted by molar-refractivity contribution is 5.79. The third-order valence-corrected chi connectivity index (χ3v) is 2.82. The van der Waals surface area contributed by atoms with E-state index in [-0.39, 0.29) is 11.4 Å². The zero-order valence-corrected chi connectivity index (χ0v) is 11.1. The Bertz CT molecular complexity index is 632. The normalized spacial score (nSPS) is 10.2. The number of nitrogens with one attached hydrogen (secondary N) is 1. The van der Waals surface area contributed by atoms with E-state index in [0.29, 0.717) is 19.6 Å². The number of aromatic nitrogens is 1. The summed E-state index contributed by atoms with van der Waals surface area (Å²) in [5.41, 5.74) is 6.28. The predicted octanol–water partition coefficient (Wildman–Crippen LogP) is 1.41. The lowest BCUT2D eigenvalue weighted by atomic mass is 10.1. The second-order valence-corrected chi connectivity index (χ2v) is 4.43. The van der Waals surface area contributed by atoms with Crippen LogP contribution < -0.4 is 16.0 Å². The van der Waals surface area contributed by atoms with Crippen molar-refractivity contribution in [2.45, 2.75) is 13.0 Å². The molecule has 0 radical (unpaired) electrons. The molecule has 2 aromatic rings. The summed E-state index contributed by atoms with van der Waals surface area (Å²) in [6.07, 6.45) is 2.18. The molecule has 1 aromatic heterocycles. The van der Waals surface area contributed by atoms with E-state index in [4.69, 9.17) is 15.9 Å². The van der Waals surface area contributed by atoms with Crippen LogP contribution in [0.15, 0.2) is 53.5 Å². The van der Waals surface area contributed by atoms with Crippen LogP contribution >= 0.6 is 0 Å². The fraction of sp³-hybridized carbons (Fsp3) is 0.200. The lowest BCUT2D eigenvalue weighted by Gasteiger charge is -2.08. The fourth-order valence-corrected chi connectivity index (χ4v) is 1.83. The maximum Gasteiger partial charge on any atom is 0.250 e. The van der Waals surface area contributed by atoms with E-state index in [1.165, 1.54) is 6.07 Å². The summed E-state index contributed by atoms with van der Waals surface area (Å²) in [6.45, 7) is 0.935. The van der Waals surface area contributed by atoms with E-state index in [1.807, 2.05) is 30.3 Å². The van der Waals surface area contributed by atoms with Gasteiger partial charge in [-0.1, -0.05) is 18.2 Å². The van der Waals surface area contributed by atoms with Gasteiger partial charge in [0.2, 0.25) is 0 Å². The average Bonchev–Trinajstić information content (AvgIpc) is 2.42. The summed E-state index contributed by atoms with van der Waals surface area (Å²) in [7, 11) is 0. The summed E-state index contributed by atoms with van der Waals surface area (Å²) < 4.78 is 7.18. The van der Waals surface area contributed by atoms with E-state index in [9.17, 15) is 4.79 Å². The predicted molar refractivity (Wildman–Crippen MR) is 78.3 cm³/mol. The molecule has 20 heavy (non-hydrogen) atoms. The summed E-state index contributed by atoms with van der Waals surface area (Å²) in [6, 6.07) is 12.5. The van der Waals surface area contributed by atoms with Crippen LogP contribution in [0.4, 0.5) is 0 Å². The molecule has 0 aliphatic rings. The molecule has 104 valence electrons. The van der Waals surface area contributed by atoms with Gasteiger partial charge < -0.3 is 15.0 Å². The highest BCUT2D eigenvalue weighted by Gasteiger charge is 1.98. The van der Waals surface area contributed by atoms with Crippen molar-refractivity contribution < 1.29 is 4.74 Å². The van der Waals surface area contributed by atoms with Gasteiger partial charge in [-0.3, -0.25) is 10.2 Å². The first-order chi connectivity index (χ1) is 9.65. The number of hydrogen-bond donors (Lipinski definition) is 2. The van der Waals surface area contributed by atoms with Gasteiger partial charge >= 0.3 is 0 Å². The van der Waals surface area contributed by atoms with Crippen LogP contribution in [0, 0.1) is 5.41 Å². The fourth-order valence-electron chi connectivity index (χ4n) is 1.83. The average molecular weight is 271 g/mol. The molecule has 0 unspecified atom stereocenters. The highest BCUT2D eigenvalue weighted by atomic mass is 16.5. The second-order valence-electron chi connectivity index (χ2n) is 4.43. The molecule has 0 aliphatic carbocycles. The number of rotatable bonds is 6. The zero-order chi connectivity index (χ0) is 14.4. The van der Waals surface area contributed by atoms with Crippen LogP contribution in [0.5, 0.6) is 5.75 Å². The van der Waals surface area contributed by atoms with Crippen LogP contribution in [-0.4, -0.2) is 17.0 Å². The highest BCUT2D eigenvalue weighted by Crippen LogP contribution is 2.12. The van der Waals surface area contributed by atoms with Crippen molar-refractivity contribution in [1.29, 1.82) is 5.41 Å². The van der Waals surface area contributed by atoms with Gasteiger partial charge in [0.15, 0.2) is 0 Å². The van der Waals surface area contributed by atoms with Gasteiger partial charge in [0, 0.05) is 18.7 Å². The van der Waals surface area contributed by atoms with Crippen molar-refractivity contribution in [2.75, 3.05) is 6.61 Å². The first-order valence-corrected chi connectivity index (χ1v) is 6.35. The molecule has 1 aromatic carbocycles. The number of amidine groups is 1. The second kappa shape index (κ2) is 6.56. The molecule has 1 heterocycles. The Morgan fingerprint density at radius 3 is 2.60 bits per heavy atom. The van der Waals surface area contributed by atoms with Gasteiger partial charge in [0.1, 0.15) is 12.4 Å². The Morgan fingerprint density at radius 1 is 1.20 bits per heavy atom. The lowest BCUT2D eigenvalue weighted by Crippen LogP contribution is -2.21. The Labute approximate surface area is 117 Å². The Hall–Kier alpha value is -2.56. The topological polar surface area (TPSA) is 81.1 Å². The van der Waals surface area contributed by atoms with Gasteiger partial charge in [-0.05, 0) is 23.8 Å². The van der Waals surface area contributed by atoms with Gasteiger partial charge in [-0.15, -0.1) is 0 Å². The van der Waals surface area contributed by atoms with Crippen molar-refractivity contribution in [1.82, 2.24) is 4.57 Å². The van der Waals surface area contributed by atoms with E-state index >= 15 is 0 Å². The number of ether oxygens (including phenoxy) is 1. The summed E-state index contributed by atoms with van der Waals surface area (Å²) in [5.74, 6) is 0.878. The van der Waals surface area contributed by atoms with Crippen LogP contribution in [0.2, 0.25) is 0 Å². The molecule has 5 nitrogen and oxygen atoms in total. The van der Waals surface area contributed by atoms with Gasteiger partial charge in [-0.25, -0.2) is 0 Å². The summed E-state index contributed by atoms with van der Waals surface area (Å²) in [4.78, 5) is 11.5. The first kappa shape index (κ1) is 13.9. The van der Waals surface area contributed by atoms with Crippen molar-refractivity contribution in [3.63, 3.8) is 0 Å².